The van der Waals surface area contributed by atoms with E-state index in [9.17, 15) is 13.6 Å². The smallest absolute Gasteiger partial charge is 0.310 e. The fraction of sp³-hybridized carbons (Fsp3) is 0.417. The monoisotopic (exact) mass is 254 g/mol. The maximum Gasteiger partial charge on any atom is 0.310 e. The summed E-state index contributed by atoms with van der Waals surface area (Å²) in [4.78, 5) is 15.0. The van der Waals surface area contributed by atoms with Gasteiger partial charge in [-0.15, -0.1) is 0 Å². The Morgan fingerprint density at radius 3 is 2.78 bits per heavy atom. The highest BCUT2D eigenvalue weighted by molar-refractivity contribution is 5.74. The van der Waals surface area contributed by atoms with Crippen molar-refractivity contribution in [1.29, 1.82) is 5.26 Å². The van der Waals surface area contributed by atoms with Crippen LogP contribution in [0, 0.1) is 18.3 Å². The second-order valence-electron chi connectivity index (χ2n) is 3.57. The molecule has 96 valence electrons. The van der Waals surface area contributed by atoms with Crippen LogP contribution < -0.4 is 0 Å². The number of carbonyl (C=O) groups is 1. The fourth-order valence-electron chi connectivity index (χ4n) is 1.55. The van der Waals surface area contributed by atoms with Crippen LogP contribution in [0.5, 0.6) is 0 Å². The number of carbonyl (C=O) groups excluding carboxylic acids is 1. The van der Waals surface area contributed by atoms with Crippen molar-refractivity contribution in [1.82, 2.24) is 4.98 Å². The van der Waals surface area contributed by atoms with Crippen molar-refractivity contribution < 1.29 is 18.3 Å². The lowest BCUT2D eigenvalue weighted by Crippen LogP contribution is -2.13. The lowest BCUT2D eigenvalue weighted by atomic mass is 10.0. The maximum atomic E-state index is 12.8. The molecule has 0 aliphatic carbocycles. The number of hydrogen-bond acceptors (Lipinski definition) is 4. The Hall–Kier alpha value is -2.03. The number of aromatic nitrogens is 1. The lowest BCUT2D eigenvalue weighted by molar-refractivity contribution is -0.142. The predicted octanol–water partition coefficient (Wildman–Crippen LogP) is 2.30. The van der Waals surface area contributed by atoms with Crippen molar-refractivity contribution >= 4 is 5.97 Å². The molecule has 0 N–H and O–H groups in total. The minimum Gasteiger partial charge on any atom is -0.466 e. The molecule has 0 fully saturated rings. The van der Waals surface area contributed by atoms with Crippen molar-refractivity contribution in [3.05, 3.63) is 28.6 Å². The average Bonchev–Trinajstić information content (AvgIpc) is 2.29. The number of halogens is 2. The molecule has 4 nitrogen and oxygen atoms in total. The number of aryl methyl sites for hydroxylation is 1. The molecule has 0 saturated carbocycles. The Morgan fingerprint density at radius 2 is 2.28 bits per heavy atom. The van der Waals surface area contributed by atoms with Crippen molar-refractivity contribution in [3.8, 4) is 6.07 Å². The number of hydrogen-bond donors (Lipinski definition) is 0. The topological polar surface area (TPSA) is 63.0 Å². The van der Waals surface area contributed by atoms with Gasteiger partial charge in [0.2, 0.25) is 0 Å². The van der Waals surface area contributed by atoms with Gasteiger partial charge in [0, 0.05) is 11.8 Å². The summed E-state index contributed by atoms with van der Waals surface area (Å²) >= 11 is 0. The van der Waals surface area contributed by atoms with Crippen LogP contribution in [0.2, 0.25) is 0 Å². The summed E-state index contributed by atoms with van der Waals surface area (Å²) in [5.41, 5.74) is -0.0642. The zero-order valence-corrected chi connectivity index (χ0v) is 10.0. The van der Waals surface area contributed by atoms with E-state index in [-0.39, 0.29) is 24.2 Å². The zero-order chi connectivity index (χ0) is 13.7. The molecule has 1 aromatic heterocycles. The number of esters is 1. The number of pyridine rings is 1. The number of rotatable bonds is 4. The molecule has 0 atom stereocenters. The Balaban J connectivity index is 3.24. The van der Waals surface area contributed by atoms with Crippen molar-refractivity contribution in [2.24, 2.45) is 0 Å². The first kappa shape index (κ1) is 14.0. The van der Waals surface area contributed by atoms with Gasteiger partial charge in [-0.1, -0.05) is 0 Å². The van der Waals surface area contributed by atoms with E-state index >= 15 is 0 Å². The molecule has 0 aliphatic rings. The van der Waals surface area contributed by atoms with Gasteiger partial charge in [0.05, 0.1) is 24.7 Å². The van der Waals surface area contributed by atoms with Gasteiger partial charge in [0.1, 0.15) is 5.69 Å². The van der Waals surface area contributed by atoms with Crippen molar-refractivity contribution in [3.63, 3.8) is 0 Å². The van der Waals surface area contributed by atoms with E-state index in [1.54, 1.807) is 13.8 Å². The minimum atomic E-state index is -2.83. The molecule has 0 radical (unpaired) electrons. The third kappa shape index (κ3) is 3.00. The Kier molecular flexibility index (Phi) is 4.72. The quantitative estimate of drug-likeness (QED) is 0.773. The second-order valence-corrected chi connectivity index (χ2v) is 3.57. The van der Waals surface area contributed by atoms with E-state index in [1.807, 2.05) is 6.07 Å². The van der Waals surface area contributed by atoms with Crippen LogP contribution in [0.15, 0.2) is 6.20 Å². The van der Waals surface area contributed by atoms with E-state index in [4.69, 9.17) is 10.00 Å². The summed E-state index contributed by atoms with van der Waals surface area (Å²) in [6, 6.07) is 1.83. The molecule has 0 amide bonds. The first-order valence-corrected chi connectivity index (χ1v) is 5.33. The van der Waals surface area contributed by atoms with Gasteiger partial charge in [-0.25, -0.2) is 8.78 Å². The summed E-state index contributed by atoms with van der Waals surface area (Å²) in [5.74, 6) is -0.650. The first-order chi connectivity index (χ1) is 8.51. The molecule has 0 bridgehead atoms. The summed E-state index contributed by atoms with van der Waals surface area (Å²) in [5, 5.41) is 8.97. The molecular formula is C12H12F2N2O2. The van der Waals surface area contributed by atoms with Crippen LogP contribution in [-0.4, -0.2) is 17.6 Å². The largest absolute Gasteiger partial charge is 0.466 e. The Morgan fingerprint density at radius 1 is 1.61 bits per heavy atom. The molecule has 1 rings (SSSR count). The molecule has 0 aliphatic heterocycles. The molecule has 0 unspecified atom stereocenters. The van der Waals surface area contributed by atoms with Gasteiger partial charge < -0.3 is 4.74 Å². The standard InChI is InChI=1S/C12H12F2N2O2/c1-3-18-10(17)4-8-9(5-15)7(2)6-16-11(8)12(13)14/h6,12H,3-4H2,1-2H3. The van der Waals surface area contributed by atoms with Gasteiger partial charge in [0.15, 0.2) is 0 Å². The minimum absolute atomic E-state index is 0.0500. The van der Waals surface area contributed by atoms with Crippen LogP contribution in [0.4, 0.5) is 8.78 Å². The maximum absolute atomic E-state index is 12.8. The van der Waals surface area contributed by atoms with Crippen molar-refractivity contribution in [2.45, 2.75) is 26.7 Å². The van der Waals surface area contributed by atoms with Gasteiger partial charge in [0.25, 0.3) is 6.43 Å². The molecule has 1 aromatic rings. The molecular weight excluding hydrogens is 242 g/mol. The first-order valence-electron chi connectivity index (χ1n) is 5.33. The summed E-state index contributed by atoms with van der Waals surface area (Å²) in [7, 11) is 0. The van der Waals surface area contributed by atoms with E-state index in [2.05, 4.69) is 4.98 Å². The van der Waals surface area contributed by atoms with E-state index in [0.717, 1.165) is 0 Å². The molecule has 18 heavy (non-hydrogen) atoms. The molecule has 0 aromatic carbocycles. The second kappa shape index (κ2) is 6.05. The lowest BCUT2D eigenvalue weighted by Gasteiger charge is -2.11. The molecule has 1 heterocycles. The van der Waals surface area contributed by atoms with Crippen LogP contribution in [0.25, 0.3) is 0 Å². The average molecular weight is 254 g/mol. The predicted molar refractivity (Wildman–Crippen MR) is 59.0 cm³/mol. The highest BCUT2D eigenvalue weighted by Gasteiger charge is 2.22. The van der Waals surface area contributed by atoms with Crippen LogP contribution in [-0.2, 0) is 16.0 Å². The number of nitrogens with zero attached hydrogens (tertiary/aromatic N) is 2. The highest BCUT2D eigenvalue weighted by atomic mass is 19.3. The number of alkyl halides is 2. The van der Waals surface area contributed by atoms with Crippen LogP contribution in [0.3, 0.4) is 0 Å². The summed E-state index contributed by atoms with van der Waals surface area (Å²) in [6.07, 6.45) is -2.00. The normalized spacial score (nSPS) is 10.2. The van der Waals surface area contributed by atoms with Crippen LogP contribution in [0.1, 0.15) is 35.7 Å². The number of ether oxygens (including phenoxy) is 1. The summed E-state index contributed by atoms with van der Waals surface area (Å²) < 4.78 is 30.3. The molecule has 0 saturated heterocycles. The number of nitriles is 1. The third-order valence-corrected chi connectivity index (χ3v) is 2.35. The SMILES string of the molecule is CCOC(=O)Cc1c(C(F)F)ncc(C)c1C#N. The van der Waals surface area contributed by atoms with E-state index in [0.29, 0.717) is 5.56 Å². The summed E-state index contributed by atoms with van der Waals surface area (Å²) in [6.45, 7) is 3.35. The Labute approximate surface area is 103 Å². The van der Waals surface area contributed by atoms with Crippen LogP contribution >= 0.6 is 0 Å². The highest BCUT2D eigenvalue weighted by Crippen LogP contribution is 2.25. The van der Waals surface area contributed by atoms with Gasteiger partial charge in [-0.2, -0.15) is 5.26 Å². The zero-order valence-electron chi connectivity index (χ0n) is 10.0. The van der Waals surface area contributed by atoms with Crippen molar-refractivity contribution in [2.75, 3.05) is 6.61 Å². The van der Waals surface area contributed by atoms with E-state index in [1.165, 1.54) is 6.20 Å². The fourth-order valence-corrected chi connectivity index (χ4v) is 1.55. The third-order valence-electron chi connectivity index (χ3n) is 2.35. The van der Waals surface area contributed by atoms with Gasteiger partial charge in [-0.3, -0.25) is 9.78 Å². The van der Waals surface area contributed by atoms with E-state index < -0.39 is 18.1 Å². The molecule has 0 spiro atoms. The van der Waals surface area contributed by atoms with Gasteiger partial charge >= 0.3 is 5.97 Å². The molecule has 6 heteroatoms. The Bertz CT molecular complexity index is 496. The van der Waals surface area contributed by atoms with Gasteiger partial charge in [-0.05, 0) is 19.4 Å².